The van der Waals surface area contributed by atoms with Gasteiger partial charge in [0.2, 0.25) is 0 Å². The average molecular weight is 452 g/mol. The van der Waals surface area contributed by atoms with Crippen LogP contribution >= 0.6 is 35.3 Å². The number of benzene rings is 2. The molecule has 0 atom stereocenters. The van der Waals surface area contributed by atoms with Crippen LogP contribution in [0.4, 0.5) is 5.13 Å². The molecule has 0 aliphatic rings. The van der Waals surface area contributed by atoms with E-state index in [1.54, 1.807) is 0 Å². The maximum absolute atomic E-state index is 13.5. The van der Waals surface area contributed by atoms with Crippen molar-refractivity contribution < 1.29 is 4.79 Å². The van der Waals surface area contributed by atoms with Gasteiger partial charge in [0.15, 0.2) is 5.13 Å². The van der Waals surface area contributed by atoms with Crippen LogP contribution in [0.15, 0.2) is 36.4 Å². The molecule has 2 aromatic carbocycles. The van der Waals surface area contributed by atoms with Crippen molar-refractivity contribution in [2.75, 3.05) is 31.1 Å². The number of hydrogen-bond acceptors (Lipinski definition) is 4. The lowest BCUT2D eigenvalue weighted by Crippen LogP contribution is -2.39. The van der Waals surface area contributed by atoms with Gasteiger partial charge in [0.1, 0.15) is 0 Å². The Morgan fingerprint density at radius 3 is 2.45 bits per heavy atom. The second-order valence-corrected chi connectivity index (χ2v) is 8.36. The molecule has 0 unspecified atom stereocenters. The molecular weight excluding hydrogens is 425 g/mol. The lowest BCUT2D eigenvalue weighted by Gasteiger charge is -2.25. The standard InChI is InChI=1S/C22H26ClN3OS.ClH/c1-5-25(6-2)11-12-26(21(27)18-9-7-15(3)13-16(18)4)22-24-19-10-8-17(23)14-20(19)28-22;/h7-10,13-14H,5-6,11-12H2,1-4H3;1H. The molecule has 0 spiro atoms. The highest BCUT2D eigenvalue weighted by molar-refractivity contribution is 7.22. The Morgan fingerprint density at radius 1 is 1.07 bits per heavy atom. The van der Waals surface area contributed by atoms with Crippen LogP contribution in [0.1, 0.15) is 35.3 Å². The maximum Gasteiger partial charge on any atom is 0.260 e. The minimum atomic E-state index is -0.00481. The molecule has 1 heterocycles. The van der Waals surface area contributed by atoms with Crippen molar-refractivity contribution in [1.29, 1.82) is 0 Å². The molecule has 3 aromatic rings. The van der Waals surface area contributed by atoms with E-state index in [2.05, 4.69) is 18.7 Å². The van der Waals surface area contributed by atoms with Gasteiger partial charge in [-0.2, -0.15) is 0 Å². The lowest BCUT2D eigenvalue weighted by atomic mass is 10.0. The Kier molecular flexibility index (Phi) is 8.46. The zero-order chi connectivity index (χ0) is 20.3. The van der Waals surface area contributed by atoms with Crippen molar-refractivity contribution >= 4 is 56.6 Å². The van der Waals surface area contributed by atoms with E-state index in [4.69, 9.17) is 16.6 Å². The molecule has 0 bridgehead atoms. The zero-order valence-corrected chi connectivity index (χ0v) is 19.6. The van der Waals surface area contributed by atoms with Gasteiger partial charge in [-0.1, -0.05) is 54.5 Å². The normalized spacial score (nSPS) is 11.0. The molecule has 0 N–H and O–H groups in total. The topological polar surface area (TPSA) is 36.4 Å². The van der Waals surface area contributed by atoms with Crippen LogP contribution in [-0.2, 0) is 0 Å². The van der Waals surface area contributed by atoms with E-state index in [1.807, 2.05) is 55.1 Å². The second kappa shape index (κ2) is 10.4. The SMILES string of the molecule is CCN(CC)CCN(C(=O)c1ccc(C)cc1C)c1nc2ccc(Cl)cc2s1.Cl. The summed E-state index contributed by atoms with van der Waals surface area (Å²) in [6.07, 6.45) is 0. The fourth-order valence-corrected chi connectivity index (χ4v) is 4.53. The Morgan fingerprint density at radius 2 is 1.79 bits per heavy atom. The summed E-state index contributed by atoms with van der Waals surface area (Å²) in [7, 11) is 0. The summed E-state index contributed by atoms with van der Waals surface area (Å²) in [5.41, 5.74) is 3.73. The highest BCUT2D eigenvalue weighted by Crippen LogP contribution is 2.31. The number of nitrogens with zero attached hydrogens (tertiary/aromatic N) is 3. The number of aromatic nitrogens is 1. The summed E-state index contributed by atoms with van der Waals surface area (Å²) < 4.78 is 0.990. The van der Waals surface area contributed by atoms with E-state index in [9.17, 15) is 4.79 Å². The van der Waals surface area contributed by atoms with Gasteiger partial charge in [0.25, 0.3) is 5.91 Å². The van der Waals surface area contributed by atoms with Gasteiger partial charge >= 0.3 is 0 Å². The van der Waals surface area contributed by atoms with Gasteiger partial charge in [0.05, 0.1) is 10.2 Å². The van der Waals surface area contributed by atoms with E-state index in [-0.39, 0.29) is 18.3 Å². The minimum Gasteiger partial charge on any atom is -0.302 e. The molecule has 7 heteroatoms. The molecule has 1 amide bonds. The highest BCUT2D eigenvalue weighted by atomic mass is 35.5. The zero-order valence-electron chi connectivity index (χ0n) is 17.2. The van der Waals surface area contributed by atoms with Crippen molar-refractivity contribution in [2.45, 2.75) is 27.7 Å². The summed E-state index contributed by atoms with van der Waals surface area (Å²) in [4.78, 5) is 22.3. The van der Waals surface area contributed by atoms with E-state index in [0.717, 1.165) is 51.7 Å². The van der Waals surface area contributed by atoms with E-state index in [1.165, 1.54) is 11.3 Å². The van der Waals surface area contributed by atoms with Crippen molar-refractivity contribution in [2.24, 2.45) is 0 Å². The van der Waals surface area contributed by atoms with Crippen molar-refractivity contribution in [1.82, 2.24) is 9.88 Å². The third-order valence-corrected chi connectivity index (χ3v) is 6.24. The van der Waals surface area contributed by atoms with Crippen molar-refractivity contribution in [3.05, 3.63) is 58.1 Å². The number of carbonyl (C=O) groups is 1. The summed E-state index contributed by atoms with van der Waals surface area (Å²) >= 11 is 7.64. The number of halogens is 2. The van der Waals surface area contributed by atoms with Crippen LogP contribution in [0.25, 0.3) is 10.2 Å². The quantitative estimate of drug-likeness (QED) is 0.443. The predicted octanol–water partition coefficient (Wildman–Crippen LogP) is 5.98. The number of thiazole rings is 1. The molecule has 0 saturated heterocycles. The summed E-state index contributed by atoms with van der Waals surface area (Å²) in [6.45, 7) is 11.6. The van der Waals surface area contributed by atoms with Gasteiger partial charge in [-0.15, -0.1) is 12.4 Å². The van der Waals surface area contributed by atoms with Crippen LogP contribution in [0.5, 0.6) is 0 Å². The van der Waals surface area contributed by atoms with Gasteiger partial charge in [-0.25, -0.2) is 4.98 Å². The third-order valence-electron chi connectivity index (χ3n) is 4.96. The van der Waals surface area contributed by atoms with Gasteiger partial charge in [0, 0.05) is 23.7 Å². The minimum absolute atomic E-state index is 0. The second-order valence-electron chi connectivity index (χ2n) is 6.91. The first kappa shape index (κ1) is 23.6. The predicted molar refractivity (Wildman–Crippen MR) is 127 cm³/mol. The number of rotatable bonds is 7. The van der Waals surface area contributed by atoms with Gasteiger partial charge < -0.3 is 4.90 Å². The Bertz CT molecular complexity index is 985. The van der Waals surface area contributed by atoms with Crippen LogP contribution in [0, 0.1) is 13.8 Å². The fraction of sp³-hybridized carbons (Fsp3) is 0.364. The molecular formula is C22H27Cl2N3OS. The maximum atomic E-state index is 13.5. The van der Waals surface area contributed by atoms with Crippen LogP contribution < -0.4 is 4.90 Å². The van der Waals surface area contributed by atoms with Crippen molar-refractivity contribution in [3.8, 4) is 0 Å². The van der Waals surface area contributed by atoms with Crippen LogP contribution in [-0.4, -0.2) is 42.0 Å². The van der Waals surface area contributed by atoms with Crippen molar-refractivity contribution in [3.63, 3.8) is 0 Å². The fourth-order valence-electron chi connectivity index (χ4n) is 3.27. The third kappa shape index (κ3) is 5.48. The molecule has 0 aliphatic carbocycles. The lowest BCUT2D eigenvalue weighted by molar-refractivity contribution is 0.0983. The number of likely N-dealkylation sites (N-methyl/N-ethyl adjacent to an activating group) is 1. The molecule has 3 rings (SSSR count). The molecule has 156 valence electrons. The van der Waals surface area contributed by atoms with Gasteiger partial charge in [-0.05, 0) is 56.8 Å². The average Bonchev–Trinajstić information content (AvgIpc) is 3.07. The number of hydrogen-bond donors (Lipinski definition) is 0. The Hall–Kier alpha value is -1.66. The number of aryl methyl sites for hydroxylation is 2. The Labute approximate surface area is 187 Å². The molecule has 29 heavy (non-hydrogen) atoms. The van der Waals surface area contributed by atoms with Crippen LogP contribution in [0.2, 0.25) is 5.02 Å². The van der Waals surface area contributed by atoms with E-state index >= 15 is 0 Å². The van der Waals surface area contributed by atoms with E-state index < -0.39 is 0 Å². The van der Waals surface area contributed by atoms with E-state index in [0.29, 0.717) is 11.6 Å². The Balaban J connectivity index is 0.00000300. The molecule has 0 saturated carbocycles. The smallest absolute Gasteiger partial charge is 0.260 e. The number of carbonyl (C=O) groups excluding carboxylic acids is 1. The molecule has 0 aliphatic heterocycles. The monoisotopic (exact) mass is 451 g/mol. The first-order chi connectivity index (χ1) is 13.4. The number of fused-ring (bicyclic) bond motifs is 1. The molecule has 0 fully saturated rings. The molecule has 4 nitrogen and oxygen atoms in total. The molecule has 1 aromatic heterocycles. The van der Waals surface area contributed by atoms with Gasteiger partial charge in [-0.3, -0.25) is 9.69 Å². The summed E-state index contributed by atoms with van der Waals surface area (Å²) in [6, 6.07) is 11.6. The summed E-state index contributed by atoms with van der Waals surface area (Å²) in [5, 5.41) is 1.40. The van der Waals surface area contributed by atoms with Crippen LogP contribution in [0.3, 0.4) is 0 Å². The summed E-state index contributed by atoms with van der Waals surface area (Å²) in [5.74, 6) is -0.00481. The first-order valence-electron chi connectivity index (χ1n) is 9.60. The number of amides is 1. The molecule has 0 radical (unpaired) electrons. The number of anilines is 1. The highest BCUT2D eigenvalue weighted by Gasteiger charge is 2.23. The first-order valence-corrected chi connectivity index (χ1v) is 10.8. The largest absolute Gasteiger partial charge is 0.302 e.